The van der Waals surface area contributed by atoms with E-state index in [9.17, 15) is 4.39 Å². The van der Waals surface area contributed by atoms with Gasteiger partial charge >= 0.3 is 0 Å². The summed E-state index contributed by atoms with van der Waals surface area (Å²) in [4.78, 5) is 0. The SMILES string of the molecule is Fc1ccccc1-c1nocc1-c1ccc(Cl)cc1. The average Bonchev–Trinajstić information content (AvgIpc) is 2.89. The Kier molecular flexibility index (Phi) is 3.05. The predicted octanol–water partition coefficient (Wildman–Crippen LogP) is 4.80. The smallest absolute Gasteiger partial charge is 0.132 e. The monoisotopic (exact) mass is 273 g/mol. The van der Waals surface area contributed by atoms with Crippen molar-refractivity contribution in [2.75, 3.05) is 0 Å². The van der Waals surface area contributed by atoms with E-state index in [0.29, 0.717) is 16.3 Å². The van der Waals surface area contributed by atoms with Gasteiger partial charge in [-0.3, -0.25) is 0 Å². The third-order valence-electron chi connectivity index (χ3n) is 2.85. The molecular weight excluding hydrogens is 265 g/mol. The van der Waals surface area contributed by atoms with Gasteiger partial charge in [-0.1, -0.05) is 41.0 Å². The number of aromatic nitrogens is 1. The lowest BCUT2D eigenvalue weighted by atomic mass is 10.0. The summed E-state index contributed by atoms with van der Waals surface area (Å²) in [6.07, 6.45) is 1.50. The van der Waals surface area contributed by atoms with Crippen molar-refractivity contribution < 1.29 is 8.91 Å². The molecule has 1 heterocycles. The van der Waals surface area contributed by atoms with Crippen LogP contribution in [0.25, 0.3) is 22.4 Å². The van der Waals surface area contributed by atoms with E-state index in [1.807, 2.05) is 12.1 Å². The van der Waals surface area contributed by atoms with Crippen LogP contribution in [0.15, 0.2) is 59.3 Å². The Labute approximate surface area is 114 Å². The molecule has 94 valence electrons. The van der Waals surface area contributed by atoms with Crippen molar-refractivity contribution in [1.82, 2.24) is 5.16 Å². The molecule has 0 spiro atoms. The fourth-order valence-corrected chi connectivity index (χ4v) is 2.04. The molecular formula is C15H9ClFNO. The second-order valence-corrected chi connectivity index (χ2v) is 4.50. The number of nitrogens with zero attached hydrogens (tertiary/aromatic N) is 1. The topological polar surface area (TPSA) is 26.0 Å². The maximum absolute atomic E-state index is 13.8. The van der Waals surface area contributed by atoms with Crippen LogP contribution in [0.4, 0.5) is 4.39 Å². The first-order valence-electron chi connectivity index (χ1n) is 5.71. The van der Waals surface area contributed by atoms with Crippen LogP contribution in [0, 0.1) is 5.82 Å². The molecule has 0 fully saturated rings. The molecule has 0 bridgehead atoms. The predicted molar refractivity (Wildman–Crippen MR) is 72.3 cm³/mol. The van der Waals surface area contributed by atoms with E-state index in [4.69, 9.17) is 16.1 Å². The molecule has 0 saturated heterocycles. The first-order chi connectivity index (χ1) is 9.25. The number of benzene rings is 2. The van der Waals surface area contributed by atoms with Gasteiger partial charge in [0.15, 0.2) is 0 Å². The normalized spacial score (nSPS) is 10.6. The van der Waals surface area contributed by atoms with Gasteiger partial charge in [-0.05, 0) is 29.8 Å². The van der Waals surface area contributed by atoms with E-state index in [0.717, 1.165) is 11.1 Å². The molecule has 0 amide bonds. The maximum atomic E-state index is 13.8. The highest BCUT2D eigenvalue weighted by Crippen LogP contribution is 2.32. The molecule has 0 aliphatic heterocycles. The molecule has 3 aromatic rings. The molecule has 2 nitrogen and oxygen atoms in total. The van der Waals surface area contributed by atoms with Crippen molar-refractivity contribution in [1.29, 1.82) is 0 Å². The van der Waals surface area contributed by atoms with Gasteiger partial charge < -0.3 is 4.52 Å². The molecule has 1 aromatic heterocycles. The molecule has 3 rings (SSSR count). The zero-order chi connectivity index (χ0) is 13.2. The summed E-state index contributed by atoms with van der Waals surface area (Å²) in [6, 6.07) is 13.7. The lowest BCUT2D eigenvalue weighted by Crippen LogP contribution is -1.86. The van der Waals surface area contributed by atoms with Gasteiger partial charge in [0.25, 0.3) is 0 Å². The Morgan fingerprint density at radius 1 is 0.947 bits per heavy atom. The molecule has 0 radical (unpaired) electrons. The Hall–Kier alpha value is -2.13. The summed E-state index contributed by atoms with van der Waals surface area (Å²) >= 11 is 5.86. The van der Waals surface area contributed by atoms with Crippen molar-refractivity contribution in [3.63, 3.8) is 0 Å². The highest BCUT2D eigenvalue weighted by atomic mass is 35.5. The van der Waals surface area contributed by atoms with E-state index >= 15 is 0 Å². The molecule has 4 heteroatoms. The number of halogens is 2. The number of rotatable bonds is 2. The average molecular weight is 274 g/mol. The van der Waals surface area contributed by atoms with Crippen LogP contribution in [0.5, 0.6) is 0 Å². The maximum Gasteiger partial charge on any atom is 0.132 e. The quantitative estimate of drug-likeness (QED) is 0.670. The molecule has 0 aliphatic rings. The molecule has 2 aromatic carbocycles. The first-order valence-corrected chi connectivity index (χ1v) is 6.09. The molecule has 19 heavy (non-hydrogen) atoms. The molecule has 0 aliphatic carbocycles. The minimum Gasteiger partial charge on any atom is -0.363 e. The molecule has 0 N–H and O–H groups in total. The third kappa shape index (κ3) is 2.25. The van der Waals surface area contributed by atoms with Crippen LogP contribution in [-0.2, 0) is 0 Å². The fraction of sp³-hybridized carbons (Fsp3) is 0. The highest BCUT2D eigenvalue weighted by molar-refractivity contribution is 6.30. The van der Waals surface area contributed by atoms with Gasteiger partial charge in [-0.15, -0.1) is 0 Å². The molecule has 0 atom stereocenters. The van der Waals surface area contributed by atoms with Crippen molar-refractivity contribution in [3.05, 3.63) is 65.6 Å². The zero-order valence-corrected chi connectivity index (χ0v) is 10.6. The van der Waals surface area contributed by atoms with Crippen LogP contribution in [0.3, 0.4) is 0 Å². The van der Waals surface area contributed by atoms with Crippen molar-refractivity contribution in [3.8, 4) is 22.4 Å². The summed E-state index contributed by atoms with van der Waals surface area (Å²) in [5.74, 6) is -0.327. The van der Waals surface area contributed by atoms with Crippen LogP contribution < -0.4 is 0 Å². The molecule has 0 unspecified atom stereocenters. The van der Waals surface area contributed by atoms with Gasteiger partial charge in [0.05, 0.1) is 0 Å². The van der Waals surface area contributed by atoms with Crippen molar-refractivity contribution >= 4 is 11.6 Å². The summed E-state index contributed by atoms with van der Waals surface area (Å²) < 4.78 is 18.8. The summed E-state index contributed by atoms with van der Waals surface area (Å²) in [6.45, 7) is 0. The van der Waals surface area contributed by atoms with Gasteiger partial charge in [-0.25, -0.2) is 4.39 Å². The molecule has 0 saturated carbocycles. The van der Waals surface area contributed by atoms with Crippen LogP contribution >= 0.6 is 11.6 Å². The Balaban J connectivity index is 2.13. The van der Waals surface area contributed by atoms with Gasteiger partial charge in [0.2, 0.25) is 0 Å². The minimum atomic E-state index is -0.327. The second kappa shape index (κ2) is 4.86. The second-order valence-electron chi connectivity index (χ2n) is 4.06. The largest absolute Gasteiger partial charge is 0.363 e. The fourth-order valence-electron chi connectivity index (χ4n) is 1.92. The van der Waals surface area contributed by atoms with Crippen LogP contribution in [-0.4, -0.2) is 5.16 Å². The standard InChI is InChI=1S/C15H9ClFNO/c16-11-7-5-10(6-8-11)13-9-19-18-15(13)12-3-1-2-4-14(12)17/h1-9H. The van der Waals surface area contributed by atoms with Gasteiger partial charge in [0, 0.05) is 16.1 Å². The van der Waals surface area contributed by atoms with Crippen molar-refractivity contribution in [2.24, 2.45) is 0 Å². The summed E-state index contributed by atoms with van der Waals surface area (Å²) in [5, 5.41) is 4.54. The number of hydrogen-bond donors (Lipinski definition) is 0. The van der Waals surface area contributed by atoms with E-state index in [1.54, 1.807) is 30.3 Å². The van der Waals surface area contributed by atoms with E-state index in [2.05, 4.69) is 5.16 Å². The van der Waals surface area contributed by atoms with Crippen molar-refractivity contribution in [2.45, 2.75) is 0 Å². The van der Waals surface area contributed by atoms with Gasteiger partial charge in [-0.2, -0.15) is 0 Å². The summed E-state index contributed by atoms with van der Waals surface area (Å²) in [5.41, 5.74) is 2.52. The number of hydrogen-bond acceptors (Lipinski definition) is 2. The lowest BCUT2D eigenvalue weighted by molar-refractivity contribution is 0.422. The van der Waals surface area contributed by atoms with Crippen LogP contribution in [0.1, 0.15) is 0 Å². The van der Waals surface area contributed by atoms with E-state index < -0.39 is 0 Å². The summed E-state index contributed by atoms with van der Waals surface area (Å²) in [7, 11) is 0. The highest BCUT2D eigenvalue weighted by Gasteiger charge is 2.15. The first kappa shape index (κ1) is 11.9. The zero-order valence-electron chi connectivity index (χ0n) is 9.81. The third-order valence-corrected chi connectivity index (χ3v) is 3.11. The van der Waals surface area contributed by atoms with E-state index in [1.165, 1.54) is 12.3 Å². The van der Waals surface area contributed by atoms with Gasteiger partial charge in [0.1, 0.15) is 17.8 Å². The van der Waals surface area contributed by atoms with Crippen LogP contribution in [0.2, 0.25) is 5.02 Å². The lowest BCUT2D eigenvalue weighted by Gasteiger charge is -2.03. The minimum absolute atomic E-state index is 0.327. The Morgan fingerprint density at radius 2 is 1.68 bits per heavy atom. The Morgan fingerprint density at radius 3 is 2.42 bits per heavy atom. The van der Waals surface area contributed by atoms with E-state index in [-0.39, 0.29) is 5.82 Å². The Bertz CT molecular complexity index is 706.